The summed E-state index contributed by atoms with van der Waals surface area (Å²) in [6.07, 6.45) is 1.64. The van der Waals surface area contributed by atoms with Gasteiger partial charge in [0.2, 0.25) is 0 Å². The lowest BCUT2D eigenvalue weighted by Gasteiger charge is -2.23. The molecule has 2 aliphatic rings. The summed E-state index contributed by atoms with van der Waals surface area (Å²) in [4.78, 5) is 24.3. The normalized spacial score (nSPS) is 31.0. The molecule has 6 nitrogen and oxygen atoms in total. The number of fused-ring (bicyclic) bond motifs is 1. The Balaban J connectivity index is 1.73. The molecule has 1 saturated heterocycles. The molecule has 1 aliphatic heterocycles. The maximum absolute atomic E-state index is 12.4. The highest BCUT2D eigenvalue weighted by molar-refractivity contribution is 5.94. The highest BCUT2D eigenvalue weighted by Gasteiger charge is 2.45. The van der Waals surface area contributed by atoms with E-state index < -0.39 is 23.5 Å². The molecule has 1 aliphatic carbocycles. The fourth-order valence-corrected chi connectivity index (χ4v) is 3.05. The van der Waals surface area contributed by atoms with Crippen molar-refractivity contribution in [3.8, 4) is 0 Å². The molecule has 3 rings (SSSR count). The fourth-order valence-electron chi connectivity index (χ4n) is 3.05. The molecular weight excluding hydrogens is 270 g/mol. The first kappa shape index (κ1) is 14.2. The molecule has 112 valence electrons. The van der Waals surface area contributed by atoms with E-state index in [9.17, 15) is 9.59 Å². The van der Waals surface area contributed by atoms with Gasteiger partial charge in [-0.2, -0.15) is 0 Å². The Morgan fingerprint density at radius 3 is 2.81 bits per heavy atom. The first-order valence-electron chi connectivity index (χ1n) is 7.13. The van der Waals surface area contributed by atoms with E-state index in [0.29, 0.717) is 25.8 Å². The molecule has 21 heavy (non-hydrogen) atoms. The van der Waals surface area contributed by atoms with Gasteiger partial charge in [0, 0.05) is 12.6 Å². The van der Waals surface area contributed by atoms with Crippen molar-refractivity contribution in [2.24, 2.45) is 11.5 Å². The number of aryl methyl sites for hydroxylation is 1. The number of hydrogen-bond donors (Lipinski definition) is 3. The average Bonchev–Trinajstić information content (AvgIpc) is 3.05. The number of benzene rings is 1. The van der Waals surface area contributed by atoms with Gasteiger partial charge in [0.1, 0.15) is 11.6 Å². The Bertz CT molecular complexity index is 589. The maximum atomic E-state index is 12.4. The van der Waals surface area contributed by atoms with Crippen LogP contribution in [0.4, 0.5) is 0 Å². The van der Waals surface area contributed by atoms with E-state index in [-0.39, 0.29) is 6.04 Å². The maximum Gasteiger partial charge on any atom is 0.338 e. The van der Waals surface area contributed by atoms with Crippen molar-refractivity contribution >= 4 is 11.9 Å². The van der Waals surface area contributed by atoms with Crippen LogP contribution < -0.4 is 16.8 Å². The molecule has 1 heterocycles. The van der Waals surface area contributed by atoms with Crippen molar-refractivity contribution < 1.29 is 14.3 Å². The van der Waals surface area contributed by atoms with Gasteiger partial charge in [0.05, 0.1) is 0 Å². The number of carbonyl (C=O) groups is 2. The highest BCUT2D eigenvalue weighted by Crippen LogP contribution is 2.35. The Labute approximate surface area is 122 Å². The first-order chi connectivity index (χ1) is 10.0. The summed E-state index contributed by atoms with van der Waals surface area (Å²) in [6, 6.07) is 6.89. The van der Waals surface area contributed by atoms with Crippen LogP contribution in [0.5, 0.6) is 0 Å². The number of carbonyl (C=O) groups excluding carboxylic acids is 2. The van der Waals surface area contributed by atoms with Gasteiger partial charge in [0.15, 0.2) is 0 Å². The first-order valence-corrected chi connectivity index (χ1v) is 7.13. The van der Waals surface area contributed by atoms with Crippen molar-refractivity contribution in [1.29, 1.82) is 0 Å². The second-order valence-electron chi connectivity index (χ2n) is 5.79. The Morgan fingerprint density at radius 1 is 1.33 bits per heavy atom. The van der Waals surface area contributed by atoms with Crippen LogP contribution in [0.1, 0.15) is 24.0 Å². The Morgan fingerprint density at radius 2 is 2.10 bits per heavy atom. The molecule has 0 bridgehead atoms. The molecule has 1 aromatic carbocycles. The summed E-state index contributed by atoms with van der Waals surface area (Å²) >= 11 is 0. The molecule has 1 aromatic rings. The molecule has 0 aromatic heterocycles. The minimum Gasteiger partial charge on any atom is -0.390 e. The number of nitrogens with one attached hydrogen (secondary N) is 1. The van der Waals surface area contributed by atoms with Crippen LogP contribution in [-0.4, -0.2) is 30.6 Å². The van der Waals surface area contributed by atoms with E-state index in [1.54, 1.807) is 0 Å². The lowest BCUT2D eigenvalue weighted by atomic mass is 9.93. The van der Waals surface area contributed by atoms with E-state index >= 15 is 0 Å². The molecule has 0 amide bonds. The number of hydrogen-bond acceptors (Lipinski definition) is 6. The zero-order valence-corrected chi connectivity index (χ0v) is 11.7. The van der Waals surface area contributed by atoms with Crippen LogP contribution in [0.2, 0.25) is 0 Å². The van der Waals surface area contributed by atoms with Crippen molar-refractivity contribution in [2.45, 2.75) is 36.9 Å². The SMILES string of the molecule is NC1CNC(C(=O)OC(=O)C2(N)CCc3ccccc32)C1. The molecule has 0 spiro atoms. The number of esters is 2. The molecular formula is C15H19N3O3. The minimum absolute atomic E-state index is 0.0864. The van der Waals surface area contributed by atoms with Gasteiger partial charge in [-0.15, -0.1) is 0 Å². The lowest BCUT2D eigenvalue weighted by Crippen LogP contribution is -2.47. The van der Waals surface area contributed by atoms with Gasteiger partial charge >= 0.3 is 11.9 Å². The largest absolute Gasteiger partial charge is 0.390 e. The summed E-state index contributed by atoms with van der Waals surface area (Å²) in [7, 11) is 0. The lowest BCUT2D eigenvalue weighted by molar-refractivity contribution is -0.165. The third kappa shape index (κ3) is 2.46. The van der Waals surface area contributed by atoms with Gasteiger partial charge in [-0.05, 0) is 30.4 Å². The van der Waals surface area contributed by atoms with Gasteiger partial charge in [0.25, 0.3) is 0 Å². The third-order valence-electron chi connectivity index (χ3n) is 4.29. The number of rotatable bonds is 2. The van der Waals surface area contributed by atoms with Crippen molar-refractivity contribution in [2.75, 3.05) is 6.54 Å². The topological polar surface area (TPSA) is 107 Å². The molecule has 0 saturated carbocycles. The predicted octanol–water partition coefficient (Wildman–Crippen LogP) is -0.454. The van der Waals surface area contributed by atoms with E-state index in [1.807, 2.05) is 24.3 Å². The molecule has 3 atom stereocenters. The van der Waals surface area contributed by atoms with Crippen LogP contribution in [0.15, 0.2) is 24.3 Å². The molecule has 5 N–H and O–H groups in total. The second kappa shape index (κ2) is 5.22. The predicted molar refractivity (Wildman–Crippen MR) is 76.1 cm³/mol. The van der Waals surface area contributed by atoms with Crippen LogP contribution in [0, 0.1) is 0 Å². The Hall–Kier alpha value is -1.76. The van der Waals surface area contributed by atoms with Crippen LogP contribution in [0.3, 0.4) is 0 Å². The quantitative estimate of drug-likeness (QED) is 0.502. The van der Waals surface area contributed by atoms with E-state index in [4.69, 9.17) is 16.2 Å². The zero-order chi connectivity index (χ0) is 15.0. The van der Waals surface area contributed by atoms with Gasteiger partial charge in [-0.3, -0.25) is 0 Å². The van der Waals surface area contributed by atoms with Gasteiger partial charge in [-0.25, -0.2) is 9.59 Å². The summed E-state index contributed by atoms with van der Waals surface area (Å²) in [5.41, 5.74) is 12.5. The summed E-state index contributed by atoms with van der Waals surface area (Å²) < 4.78 is 5.01. The second-order valence-corrected chi connectivity index (χ2v) is 5.79. The Kier molecular flexibility index (Phi) is 3.52. The molecule has 3 unspecified atom stereocenters. The summed E-state index contributed by atoms with van der Waals surface area (Å²) in [5.74, 6) is -1.28. The minimum atomic E-state index is -1.23. The van der Waals surface area contributed by atoms with E-state index in [0.717, 1.165) is 11.1 Å². The van der Waals surface area contributed by atoms with Gasteiger partial charge < -0.3 is 21.5 Å². The number of ether oxygens (including phenoxy) is 1. The van der Waals surface area contributed by atoms with E-state index in [1.165, 1.54) is 0 Å². The smallest absolute Gasteiger partial charge is 0.338 e. The van der Waals surface area contributed by atoms with E-state index in [2.05, 4.69) is 5.32 Å². The average molecular weight is 289 g/mol. The van der Waals surface area contributed by atoms with Crippen molar-refractivity contribution in [3.63, 3.8) is 0 Å². The fraction of sp³-hybridized carbons (Fsp3) is 0.467. The number of nitrogens with two attached hydrogens (primary N) is 2. The van der Waals surface area contributed by atoms with Crippen molar-refractivity contribution in [1.82, 2.24) is 5.32 Å². The molecule has 6 heteroatoms. The highest BCUT2D eigenvalue weighted by atomic mass is 16.6. The summed E-state index contributed by atoms with van der Waals surface area (Å²) in [6.45, 7) is 0.546. The zero-order valence-electron chi connectivity index (χ0n) is 11.7. The van der Waals surface area contributed by atoms with Crippen LogP contribution in [-0.2, 0) is 26.3 Å². The van der Waals surface area contributed by atoms with Crippen LogP contribution >= 0.6 is 0 Å². The van der Waals surface area contributed by atoms with Crippen LogP contribution in [0.25, 0.3) is 0 Å². The molecule has 1 fully saturated rings. The third-order valence-corrected chi connectivity index (χ3v) is 4.29. The monoisotopic (exact) mass is 289 g/mol. The summed E-state index contributed by atoms with van der Waals surface area (Å²) in [5, 5.41) is 2.94. The molecule has 0 radical (unpaired) electrons. The standard InChI is InChI=1S/C15H19N3O3/c16-10-7-12(18-8-10)13(19)21-14(20)15(17)6-5-9-3-1-2-4-11(9)15/h1-4,10,12,18H,5-8,16-17H2. The van der Waals surface area contributed by atoms with Crippen molar-refractivity contribution in [3.05, 3.63) is 35.4 Å². The van der Waals surface area contributed by atoms with Gasteiger partial charge in [-0.1, -0.05) is 24.3 Å².